The van der Waals surface area contributed by atoms with Crippen LogP contribution in [0.3, 0.4) is 0 Å². The van der Waals surface area contributed by atoms with Gasteiger partial charge in [0, 0.05) is 57.1 Å². The number of piperazine rings is 1. The Morgan fingerprint density at radius 1 is 0.906 bits per heavy atom. The highest BCUT2D eigenvalue weighted by molar-refractivity contribution is 5.66. The predicted molar refractivity (Wildman–Crippen MR) is 125 cm³/mol. The van der Waals surface area contributed by atoms with E-state index in [1.165, 1.54) is 11.1 Å². The van der Waals surface area contributed by atoms with E-state index in [0.29, 0.717) is 11.5 Å². The zero-order chi connectivity index (χ0) is 22.1. The quantitative estimate of drug-likeness (QED) is 0.681. The molecule has 0 amide bonds. The molecule has 8 nitrogen and oxygen atoms in total. The summed E-state index contributed by atoms with van der Waals surface area (Å²) in [6, 6.07) is 14.4. The Labute approximate surface area is 187 Å². The third-order valence-electron chi connectivity index (χ3n) is 6.27. The van der Waals surface area contributed by atoms with Gasteiger partial charge in [-0.3, -0.25) is 0 Å². The second-order valence-electron chi connectivity index (χ2n) is 8.43. The fraction of sp³-hybridized carbons (Fsp3) is 0.333. The molecule has 2 N–H and O–H groups in total. The number of hydrogen-bond donors (Lipinski definition) is 1. The predicted octanol–water partition coefficient (Wildman–Crippen LogP) is 2.31. The Morgan fingerprint density at radius 3 is 2.50 bits per heavy atom. The summed E-state index contributed by atoms with van der Waals surface area (Å²) >= 11 is 0. The van der Waals surface area contributed by atoms with E-state index in [2.05, 4.69) is 61.0 Å². The number of nitrogens with zero attached hydrogens (tertiary/aromatic N) is 7. The van der Waals surface area contributed by atoms with Crippen molar-refractivity contribution >= 4 is 17.6 Å². The molecule has 0 bridgehead atoms. The summed E-state index contributed by atoms with van der Waals surface area (Å²) < 4.78 is 0. The molecule has 8 heteroatoms. The summed E-state index contributed by atoms with van der Waals surface area (Å²) in [6.07, 6.45) is 2.58. The number of pyridine rings is 1. The average Bonchev–Trinajstić information content (AvgIpc) is 2.83. The Bertz CT molecular complexity index is 1160. The van der Waals surface area contributed by atoms with Gasteiger partial charge in [-0.05, 0) is 42.8 Å². The Balaban J connectivity index is 1.41. The Morgan fingerprint density at radius 2 is 1.75 bits per heavy atom. The van der Waals surface area contributed by atoms with Gasteiger partial charge in [0.1, 0.15) is 17.7 Å². The molecule has 2 aliphatic heterocycles. The molecule has 3 aromatic rings. The molecule has 1 saturated heterocycles. The lowest BCUT2D eigenvalue weighted by molar-refractivity contribution is 0.312. The van der Waals surface area contributed by atoms with Crippen molar-refractivity contribution in [1.82, 2.24) is 19.9 Å². The number of anilines is 3. The van der Waals surface area contributed by atoms with E-state index >= 15 is 0 Å². The molecule has 2 aromatic heterocycles. The minimum atomic E-state index is 0.303. The largest absolute Gasteiger partial charge is 0.368 e. The number of hydrogen-bond acceptors (Lipinski definition) is 8. The molecule has 1 aromatic carbocycles. The number of nitrogen functional groups attached to an aromatic ring is 1. The average molecular weight is 427 g/mol. The van der Waals surface area contributed by atoms with Crippen molar-refractivity contribution < 1.29 is 0 Å². The first-order chi connectivity index (χ1) is 15.6. The van der Waals surface area contributed by atoms with Gasteiger partial charge in [0.15, 0.2) is 0 Å². The molecule has 32 heavy (non-hydrogen) atoms. The van der Waals surface area contributed by atoms with Gasteiger partial charge < -0.3 is 20.4 Å². The summed E-state index contributed by atoms with van der Waals surface area (Å²) in [6.45, 7) is 5.56. The molecule has 4 heterocycles. The molecule has 5 rings (SSSR count). The molecule has 0 spiro atoms. The van der Waals surface area contributed by atoms with Crippen LogP contribution in [0.4, 0.5) is 17.6 Å². The van der Waals surface area contributed by atoms with Crippen LogP contribution >= 0.6 is 0 Å². The maximum Gasteiger partial charge on any atom is 0.222 e. The normalized spacial score (nSPS) is 16.5. The Kier molecular flexibility index (Phi) is 5.33. The van der Waals surface area contributed by atoms with Gasteiger partial charge in [-0.25, -0.2) is 9.97 Å². The SMILES string of the molecule is CN1CCN(c2cc(-c3ccc4c(c3)CN(c3ccc(C#N)cn3)CC4)nc(N)n2)CC1. The highest BCUT2D eigenvalue weighted by Gasteiger charge is 2.20. The molecule has 162 valence electrons. The molecular weight excluding hydrogens is 400 g/mol. The van der Waals surface area contributed by atoms with Crippen LogP contribution in [-0.4, -0.2) is 59.6 Å². The first-order valence-corrected chi connectivity index (χ1v) is 10.9. The molecule has 0 radical (unpaired) electrons. The third kappa shape index (κ3) is 4.07. The van der Waals surface area contributed by atoms with Crippen molar-refractivity contribution in [3.63, 3.8) is 0 Å². The third-order valence-corrected chi connectivity index (χ3v) is 6.27. The van der Waals surface area contributed by atoms with Crippen LogP contribution in [0.5, 0.6) is 0 Å². The van der Waals surface area contributed by atoms with Crippen molar-refractivity contribution in [1.29, 1.82) is 5.26 Å². The molecular formula is C24H26N8. The van der Waals surface area contributed by atoms with Crippen LogP contribution in [0, 0.1) is 11.3 Å². The fourth-order valence-corrected chi connectivity index (χ4v) is 4.35. The Hall–Kier alpha value is -3.70. The molecule has 2 aliphatic rings. The lowest BCUT2D eigenvalue weighted by Gasteiger charge is -2.33. The highest BCUT2D eigenvalue weighted by atomic mass is 15.3. The van der Waals surface area contributed by atoms with E-state index in [4.69, 9.17) is 11.0 Å². The minimum absolute atomic E-state index is 0.303. The smallest absolute Gasteiger partial charge is 0.222 e. The number of rotatable bonds is 3. The van der Waals surface area contributed by atoms with Crippen molar-refractivity contribution in [2.24, 2.45) is 0 Å². The van der Waals surface area contributed by atoms with Crippen molar-refractivity contribution in [3.8, 4) is 17.3 Å². The molecule has 0 unspecified atom stereocenters. The van der Waals surface area contributed by atoms with Crippen molar-refractivity contribution in [2.45, 2.75) is 13.0 Å². The second-order valence-corrected chi connectivity index (χ2v) is 8.43. The monoisotopic (exact) mass is 426 g/mol. The van der Waals surface area contributed by atoms with Gasteiger partial charge in [-0.15, -0.1) is 0 Å². The number of nitriles is 1. The zero-order valence-corrected chi connectivity index (χ0v) is 18.2. The number of aromatic nitrogens is 3. The summed E-state index contributed by atoms with van der Waals surface area (Å²) in [7, 11) is 2.14. The lowest BCUT2D eigenvalue weighted by atomic mass is 9.96. The van der Waals surface area contributed by atoms with E-state index in [9.17, 15) is 0 Å². The minimum Gasteiger partial charge on any atom is -0.368 e. The van der Waals surface area contributed by atoms with Crippen LogP contribution in [0.15, 0.2) is 42.6 Å². The fourth-order valence-electron chi connectivity index (χ4n) is 4.35. The van der Waals surface area contributed by atoms with Crippen LogP contribution in [0.25, 0.3) is 11.3 Å². The zero-order valence-electron chi connectivity index (χ0n) is 18.2. The van der Waals surface area contributed by atoms with Crippen molar-refractivity contribution in [3.05, 3.63) is 59.3 Å². The highest BCUT2D eigenvalue weighted by Crippen LogP contribution is 2.29. The van der Waals surface area contributed by atoms with E-state index in [1.807, 2.05) is 18.2 Å². The summed E-state index contributed by atoms with van der Waals surface area (Å²) in [5, 5.41) is 9.01. The number of fused-ring (bicyclic) bond motifs is 1. The van der Waals surface area contributed by atoms with Gasteiger partial charge in [-0.2, -0.15) is 10.2 Å². The van der Waals surface area contributed by atoms with Crippen LogP contribution in [-0.2, 0) is 13.0 Å². The molecule has 0 saturated carbocycles. The van der Waals surface area contributed by atoms with Gasteiger partial charge in [0.05, 0.1) is 11.3 Å². The topological polar surface area (TPSA) is 98.2 Å². The van der Waals surface area contributed by atoms with Gasteiger partial charge in [-0.1, -0.05) is 12.1 Å². The van der Waals surface area contributed by atoms with Crippen molar-refractivity contribution in [2.75, 3.05) is 55.3 Å². The number of likely N-dealkylation sites (N-methyl/N-ethyl adjacent to an activating group) is 1. The molecule has 0 atom stereocenters. The van der Waals surface area contributed by atoms with Crippen LogP contribution < -0.4 is 15.5 Å². The summed E-state index contributed by atoms with van der Waals surface area (Å²) in [4.78, 5) is 20.3. The van der Waals surface area contributed by atoms with Gasteiger partial charge in [0.2, 0.25) is 5.95 Å². The number of benzene rings is 1. The van der Waals surface area contributed by atoms with Gasteiger partial charge >= 0.3 is 0 Å². The maximum absolute atomic E-state index is 9.01. The molecule has 0 aliphatic carbocycles. The van der Waals surface area contributed by atoms with Gasteiger partial charge in [0.25, 0.3) is 0 Å². The maximum atomic E-state index is 9.01. The number of nitrogens with two attached hydrogens (primary N) is 1. The molecule has 1 fully saturated rings. The first-order valence-electron chi connectivity index (χ1n) is 10.9. The van der Waals surface area contributed by atoms with E-state index in [1.54, 1.807) is 6.20 Å². The standard InChI is InChI=1S/C24H26N8/c1-30-8-10-31(11-9-30)23-13-21(28-24(26)29-23)19-4-3-18-6-7-32(16-20(18)12-19)22-5-2-17(14-25)15-27-22/h2-5,12-13,15H,6-11,16H2,1H3,(H2,26,28,29). The van der Waals surface area contributed by atoms with E-state index in [0.717, 1.165) is 68.6 Å². The van der Waals surface area contributed by atoms with Crippen LogP contribution in [0.1, 0.15) is 16.7 Å². The van der Waals surface area contributed by atoms with E-state index < -0.39 is 0 Å². The summed E-state index contributed by atoms with van der Waals surface area (Å²) in [5.74, 6) is 2.09. The van der Waals surface area contributed by atoms with Crippen LogP contribution in [0.2, 0.25) is 0 Å². The first kappa shape index (κ1) is 20.2. The van der Waals surface area contributed by atoms with E-state index in [-0.39, 0.29) is 0 Å². The summed E-state index contributed by atoms with van der Waals surface area (Å²) in [5.41, 5.74) is 11.2. The lowest BCUT2D eigenvalue weighted by Crippen LogP contribution is -2.44. The second kappa shape index (κ2) is 8.44.